The number of aryl methyl sites for hydroxylation is 9. The third-order valence-corrected chi connectivity index (χ3v) is 21.3. The molecule has 20 heteroatoms. The van der Waals surface area contributed by atoms with Gasteiger partial charge < -0.3 is 40.4 Å². The Hall–Kier alpha value is -13.6. The molecule has 0 saturated heterocycles. The molecule has 698 valence electrons. The van der Waals surface area contributed by atoms with Gasteiger partial charge in [-0.15, -0.1) is 140 Å². The third-order valence-electron chi connectivity index (χ3n) is 21.3. The van der Waals surface area contributed by atoms with Crippen LogP contribution in [0, 0.1) is 86.3 Å². The van der Waals surface area contributed by atoms with Crippen LogP contribution in [0.25, 0.3) is 133 Å². The molecular formula is C117H98Ir4N4O12-4. The Labute approximate surface area is 874 Å². The zero-order chi connectivity index (χ0) is 109. The van der Waals surface area contributed by atoms with Gasteiger partial charge in [-0.2, -0.15) is 0 Å². The quantitative estimate of drug-likeness (QED) is 0.0625. The van der Waals surface area contributed by atoms with Crippen LogP contribution in [0.1, 0.15) is 191 Å². The minimum Gasteiger partial charge on any atom is -0.512 e. The van der Waals surface area contributed by atoms with Crippen molar-refractivity contribution in [1.29, 1.82) is 0 Å². The Kier molecular flexibility index (Phi) is 29.0. The first kappa shape index (κ1) is 85.1. The Morgan fingerprint density at radius 3 is 1.02 bits per heavy atom. The number of aliphatic hydroxyl groups excluding tert-OH is 4. The van der Waals surface area contributed by atoms with Gasteiger partial charge in [-0.3, -0.25) is 38.4 Å². The zero-order valence-corrected chi connectivity index (χ0v) is 85.8. The van der Waals surface area contributed by atoms with Gasteiger partial charge in [0.05, 0.1) is 23.0 Å². The van der Waals surface area contributed by atoms with Gasteiger partial charge in [-0.25, -0.2) is 0 Å². The average molecular weight is 2540 g/mol. The summed E-state index contributed by atoms with van der Waals surface area (Å²) in [6, 6.07) is 67.3. The number of fused-ring (bicyclic) bond motifs is 18. The van der Waals surface area contributed by atoms with Crippen molar-refractivity contribution in [3.05, 3.63) is 403 Å². The van der Waals surface area contributed by atoms with Crippen molar-refractivity contribution in [2.75, 3.05) is 0 Å². The van der Waals surface area contributed by atoms with Gasteiger partial charge in [-0.05, 0) is 221 Å². The van der Waals surface area contributed by atoms with Crippen LogP contribution < -0.4 is 0 Å². The van der Waals surface area contributed by atoms with Crippen molar-refractivity contribution in [1.82, 2.24) is 19.9 Å². The van der Waals surface area contributed by atoms with Crippen LogP contribution in [-0.2, 0) is 99.6 Å². The summed E-state index contributed by atoms with van der Waals surface area (Å²) in [5, 5.41) is 40.0. The van der Waals surface area contributed by atoms with E-state index in [2.05, 4.69) is 44.2 Å². The number of rotatable bonds is 8. The van der Waals surface area contributed by atoms with E-state index in [1.165, 1.54) is 85.8 Å². The van der Waals surface area contributed by atoms with Gasteiger partial charge in [0.1, 0.15) is 0 Å². The zero-order valence-electron chi connectivity index (χ0n) is 92.2. The van der Waals surface area contributed by atoms with Gasteiger partial charge in [0.15, 0.2) is 46.3 Å². The van der Waals surface area contributed by atoms with Crippen LogP contribution in [0.15, 0.2) is 284 Å². The second-order valence-corrected chi connectivity index (χ2v) is 32.3. The number of aromatic nitrogens is 4. The molecule has 0 bridgehead atoms. The number of pyridine rings is 4. The molecule has 137 heavy (non-hydrogen) atoms. The minimum atomic E-state index is -2.30. The summed E-state index contributed by atoms with van der Waals surface area (Å²) in [6.45, 7) is 11.9. The number of aliphatic hydroxyl groups is 4. The molecule has 0 amide bonds. The van der Waals surface area contributed by atoms with Crippen molar-refractivity contribution >= 4 is 89.4 Å². The molecule has 0 aliphatic heterocycles. The molecule has 0 spiro atoms. The molecular weight excluding hydrogens is 2420 g/mol. The summed E-state index contributed by atoms with van der Waals surface area (Å²) in [6.07, 6.45) is 11.3. The summed E-state index contributed by atoms with van der Waals surface area (Å²) >= 11 is 0. The maximum absolute atomic E-state index is 13.0. The maximum atomic E-state index is 13.0. The van der Waals surface area contributed by atoms with Gasteiger partial charge >= 0.3 is 0 Å². The van der Waals surface area contributed by atoms with Crippen LogP contribution in [0.3, 0.4) is 0 Å². The number of carbonyl (C=O) groups is 8. The van der Waals surface area contributed by atoms with Gasteiger partial charge in [0, 0.05) is 204 Å². The van der Waals surface area contributed by atoms with Crippen molar-refractivity contribution in [3.63, 3.8) is 0 Å². The van der Waals surface area contributed by atoms with Crippen LogP contribution in [0.2, 0.25) is 0 Å². The fraction of sp³-hybridized carbons (Fsp3) is 0.145. The molecule has 4 N–H and O–H groups in total. The molecule has 20 rings (SSSR count). The number of ketones is 8. The van der Waals surface area contributed by atoms with Crippen LogP contribution in [0.4, 0.5) is 0 Å². The minimum absolute atomic E-state index is 0. The first-order valence-electron chi connectivity index (χ1n) is 49.9. The molecule has 4 aliphatic carbocycles. The molecule has 16 nitrogen and oxygen atoms in total. The maximum Gasteiger partial charge on any atom is 0.194 e. The molecule has 16 aromatic rings. The average Bonchev–Trinajstić information content (AvgIpc) is 1.57. The Balaban J connectivity index is 0.000000206. The van der Waals surface area contributed by atoms with E-state index in [1.54, 1.807) is 85.5 Å². The second kappa shape index (κ2) is 46.8. The standard InChI is InChI=1S/3C25H18NO.C22H12NO.4C5H8O2.4Ir/c1-14-4-5-19-21(11-14)22-13-20-17(12-23(22)25(19)27)6-7-26-24(20)18-9-15(2)8-16(3)10-18;1-14-4-5-19-21(11-14)22-12-17-6-7-26-24(20(17)13-23(22)25(19)27)18-9-15(2)8-16(3)10-18;1-14-4-5-20-22(13-14)23-18-8-9-26-24(17-11-15(2)10-16(3)12-17)19(18)6-7-21(23)25(20)27;24-22-18-9-5-4-8-15(18)20-16-12-13-23-21(14-6-2-1-3-7-14)17(16)10-11-19(20)22;4*1-4(6)3-5(2)7;;;;/h2*4-9,11-13H,1-3H3;4-11,13H,1-3H3;1-6,8-13H;4*3,6H,1-2H3;;;;/q4*-1;;;;;;;;/i2*3D3;1D3,3D3;1D,2D,3D,6D;;;;;;;;. The van der Waals surface area contributed by atoms with E-state index in [4.69, 9.17) is 42.4 Å². The molecule has 0 fully saturated rings. The topological polar surface area (TPSA) is 269 Å². The summed E-state index contributed by atoms with van der Waals surface area (Å²) in [5.41, 5.74) is 21.3. The number of nitrogens with zero attached hydrogens (tertiary/aromatic N) is 4. The predicted molar refractivity (Wildman–Crippen MR) is 530 cm³/mol. The van der Waals surface area contributed by atoms with E-state index in [1.807, 2.05) is 156 Å². The van der Waals surface area contributed by atoms with Crippen molar-refractivity contribution < 1.29 is 161 Å². The van der Waals surface area contributed by atoms with Crippen molar-refractivity contribution in [2.45, 2.75) is 117 Å². The molecule has 0 atom stereocenters. The van der Waals surface area contributed by atoms with Crippen LogP contribution in [0.5, 0.6) is 0 Å². The van der Waals surface area contributed by atoms with Crippen LogP contribution >= 0.6 is 0 Å². The van der Waals surface area contributed by atoms with Crippen molar-refractivity contribution in [3.8, 4) is 89.5 Å². The summed E-state index contributed by atoms with van der Waals surface area (Å²) in [5.74, 6) is -0.372. The summed E-state index contributed by atoms with van der Waals surface area (Å²) in [4.78, 5) is 110. The van der Waals surface area contributed by atoms with E-state index in [9.17, 15) is 38.4 Å². The molecule has 4 aliphatic rings. The molecule has 4 radical (unpaired) electrons. The van der Waals surface area contributed by atoms with E-state index in [0.29, 0.717) is 100 Å². The number of benzene rings is 12. The van der Waals surface area contributed by atoms with Gasteiger partial charge in [-0.1, -0.05) is 167 Å². The van der Waals surface area contributed by atoms with E-state index >= 15 is 0 Å². The predicted octanol–water partition coefficient (Wildman–Crippen LogP) is 26.6. The Morgan fingerprint density at radius 2 is 0.620 bits per heavy atom. The third kappa shape index (κ3) is 25.0. The van der Waals surface area contributed by atoms with Gasteiger partial charge in [0.25, 0.3) is 0 Å². The molecule has 4 heterocycles. The first-order valence-corrected chi connectivity index (χ1v) is 41.9. The van der Waals surface area contributed by atoms with Gasteiger partial charge in [0.2, 0.25) is 0 Å². The fourth-order valence-electron chi connectivity index (χ4n) is 16.2. The SMILES string of the molecule is CC(=O)C=C(C)O.CC(=O)C=C(C)O.CC(=O)C=C(C)O.CC(=O)C=C(C)O.[2H]C([2H])([2H])c1[c-]c(-c2nccc3c4c(ccc23)C(=O)c2ccc(C([2H])([2H])[2H])cc2-4)cc(C)c1.[2H]C([2H])([2H])c1[c-]c(-c2nccc3cc4c(cc23)-c2cc(C)ccc2C4=O)cc(C)c1.[2H]C([2H])([2H])c1[c-]c(-c2nccc3cc4c(cc23)C(=O)c2ccc(C)cc2-4)cc(C)c1.[2H]c1[c-]c(-c2nccc3c4c(ccc23)C(=O)c2ccccc2-4)c([2H])c([2H])c1[2H].[Ir].[Ir].[Ir].[Ir]. The number of hydrogen-bond donors (Lipinski definition) is 4. The largest absolute Gasteiger partial charge is 0.512 e. The molecule has 0 unspecified atom stereocenters. The Bertz CT molecular complexity index is 8290. The smallest absolute Gasteiger partial charge is 0.194 e. The first-order chi connectivity index (χ1) is 69.9. The monoisotopic (exact) mass is 2540 g/mol. The van der Waals surface area contributed by atoms with E-state index < -0.39 is 27.4 Å². The number of carbonyl (C=O) groups excluding carboxylic acids is 8. The summed E-state index contributed by atoms with van der Waals surface area (Å²) < 4.78 is 125. The number of hydrogen-bond acceptors (Lipinski definition) is 16. The van der Waals surface area contributed by atoms with Crippen molar-refractivity contribution in [2.24, 2.45) is 0 Å². The number of allylic oxidation sites excluding steroid dienone is 8. The Morgan fingerprint density at radius 1 is 0.299 bits per heavy atom. The van der Waals surface area contributed by atoms with Crippen LogP contribution in [-0.4, -0.2) is 86.6 Å². The molecule has 12 aromatic carbocycles. The second-order valence-electron chi connectivity index (χ2n) is 32.3. The van der Waals surface area contributed by atoms with E-state index in [-0.39, 0.29) is 202 Å². The van der Waals surface area contributed by atoms with E-state index in [0.717, 1.165) is 98.9 Å². The normalized spacial score (nSPS) is 13.8. The molecule has 4 aromatic heterocycles. The fourth-order valence-corrected chi connectivity index (χ4v) is 16.2. The molecule has 0 saturated carbocycles. The summed E-state index contributed by atoms with van der Waals surface area (Å²) in [7, 11) is 0.